The van der Waals surface area contributed by atoms with Gasteiger partial charge in [-0.2, -0.15) is 0 Å². The summed E-state index contributed by atoms with van der Waals surface area (Å²) in [5.74, 6) is 0.993. The molecule has 1 aliphatic heterocycles. The van der Waals surface area contributed by atoms with E-state index in [2.05, 4.69) is 24.2 Å². The Kier molecular flexibility index (Phi) is 5.93. The molecule has 2 rings (SSSR count). The van der Waals surface area contributed by atoms with Gasteiger partial charge in [0.2, 0.25) is 0 Å². The molecule has 1 saturated carbocycles. The Balaban J connectivity index is 1.78. The number of nitrogens with one attached hydrogen (secondary N) is 1. The van der Waals surface area contributed by atoms with E-state index < -0.39 is 0 Å². The summed E-state index contributed by atoms with van der Waals surface area (Å²) in [6.07, 6.45) is 8.91. The molecule has 0 bridgehead atoms. The summed E-state index contributed by atoms with van der Waals surface area (Å²) < 4.78 is 5.97. The molecule has 1 saturated heterocycles. The van der Waals surface area contributed by atoms with Gasteiger partial charge in [0.1, 0.15) is 0 Å². The lowest BCUT2D eigenvalue weighted by molar-refractivity contribution is -0.0404. The van der Waals surface area contributed by atoms with Gasteiger partial charge in [0.25, 0.3) is 0 Å². The number of hydrogen-bond acceptors (Lipinski definition) is 3. The van der Waals surface area contributed by atoms with Gasteiger partial charge in [0.15, 0.2) is 0 Å². The molecule has 1 aliphatic carbocycles. The van der Waals surface area contributed by atoms with Gasteiger partial charge in [-0.3, -0.25) is 0 Å². The highest BCUT2D eigenvalue weighted by Gasteiger charge is 2.27. The van der Waals surface area contributed by atoms with Crippen LogP contribution in [0.5, 0.6) is 0 Å². The average Bonchev–Trinajstić information content (AvgIpc) is 2.87. The molecule has 2 aliphatic rings. The molecule has 0 aromatic rings. The normalized spacial score (nSPS) is 28.7. The van der Waals surface area contributed by atoms with Crippen molar-refractivity contribution in [1.82, 2.24) is 10.2 Å². The summed E-state index contributed by atoms with van der Waals surface area (Å²) in [6, 6.07) is 0.554. The van der Waals surface area contributed by atoms with Crippen LogP contribution in [0.3, 0.4) is 0 Å². The van der Waals surface area contributed by atoms with Crippen molar-refractivity contribution in [2.45, 2.75) is 57.6 Å². The Bertz CT molecular complexity index is 229. The number of morpholine rings is 1. The number of rotatable bonds is 6. The van der Waals surface area contributed by atoms with Crippen molar-refractivity contribution in [2.24, 2.45) is 5.92 Å². The number of likely N-dealkylation sites (N-methyl/N-ethyl adjacent to an activating group) is 2. The minimum atomic E-state index is 0.394. The van der Waals surface area contributed by atoms with E-state index in [1.165, 1.54) is 38.5 Å². The monoisotopic (exact) mass is 254 g/mol. The summed E-state index contributed by atoms with van der Waals surface area (Å²) in [4.78, 5) is 2.40. The fraction of sp³-hybridized carbons (Fsp3) is 1.00. The summed E-state index contributed by atoms with van der Waals surface area (Å²) >= 11 is 0. The van der Waals surface area contributed by atoms with Crippen LogP contribution in [-0.2, 0) is 4.74 Å². The molecule has 0 spiro atoms. The first-order valence-corrected chi connectivity index (χ1v) is 7.83. The van der Waals surface area contributed by atoms with Crippen molar-refractivity contribution in [3.8, 4) is 0 Å². The molecule has 1 N–H and O–H groups in total. The molecule has 0 amide bonds. The first kappa shape index (κ1) is 14.3. The second kappa shape index (κ2) is 7.46. The average molecular weight is 254 g/mol. The van der Waals surface area contributed by atoms with Crippen LogP contribution in [-0.4, -0.2) is 50.3 Å². The van der Waals surface area contributed by atoms with Crippen LogP contribution in [0.25, 0.3) is 0 Å². The quantitative estimate of drug-likeness (QED) is 0.787. The van der Waals surface area contributed by atoms with Gasteiger partial charge in [0.05, 0.1) is 12.7 Å². The fourth-order valence-electron chi connectivity index (χ4n) is 3.45. The molecule has 0 aromatic carbocycles. The highest BCUT2D eigenvalue weighted by atomic mass is 16.5. The summed E-state index contributed by atoms with van der Waals surface area (Å²) in [5, 5.41) is 3.65. The molecule has 2 atom stereocenters. The van der Waals surface area contributed by atoms with Crippen LogP contribution in [0.15, 0.2) is 0 Å². The maximum Gasteiger partial charge on any atom is 0.0855 e. The third-order valence-corrected chi connectivity index (χ3v) is 4.57. The lowest BCUT2D eigenvalue weighted by Gasteiger charge is -2.36. The van der Waals surface area contributed by atoms with Crippen molar-refractivity contribution in [1.29, 1.82) is 0 Å². The van der Waals surface area contributed by atoms with Gasteiger partial charge in [-0.25, -0.2) is 0 Å². The van der Waals surface area contributed by atoms with Gasteiger partial charge in [-0.15, -0.1) is 0 Å². The molecule has 106 valence electrons. The van der Waals surface area contributed by atoms with Crippen LogP contribution in [0.4, 0.5) is 0 Å². The molecule has 0 aromatic heterocycles. The highest BCUT2D eigenvalue weighted by Crippen LogP contribution is 2.29. The largest absolute Gasteiger partial charge is 0.374 e. The Hall–Kier alpha value is -0.120. The molecule has 18 heavy (non-hydrogen) atoms. The molecule has 1 heterocycles. The zero-order valence-electron chi connectivity index (χ0n) is 12.2. The molecule has 3 nitrogen and oxygen atoms in total. The lowest BCUT2D eigenvalue weighted by atomic mass is 9.95. The van der Waals surface area contributed by atoms with E-state index in [9.17, 15) is 0 Å². The van der Waals surface area contributed by atoms with Crippen molar-refractivity contribution in [2.75, 3.05) is 33.3 Å². The van der Waals surface area contributed by atoms with Gasteiger partial charge >= 0.3 is 0 Å². The standard InChI is InChI=1S/C15H30N2O/c1-3-16-14(9-8-13-6-4-5-7-13)15-12-17(2)10-11-18-15/h13-16H,3-12H2,1-2H3. The van der Waals surface area contributed by atoms with E-state index in [1.807, 2.05) is 0 Å². The van der Waals surface area contributed by atoms with Crippen LogP contribution in [0.2, 0.25) is 0 Å². The first-order chi connectivity index (χ1) is 8.79. The van der Waals surface area contributed by atoms with Gasteiger partial charge < -0.3 is 15.0 Å². The van der Waals surface area contributed by atoms with E-state index in [1.54, 1.807) is 0 Å². The maximum atomic E-state index is 5.97. The number of nitrogens with zero attached hydrogens (tertiary/aromatic N) is 1. The third kappa shape index (κ3) is 4.22. The van der Waals surface area contributed by atoms with Crippen molar-refractivity contribution in [3.63, 3.8) is 0 Å². The topological polar surface area (TPSA) is 24.5 Å². The minimum Gasteiger partial charge on any atom is -0.374 e. The second-order valence-electron chi connectivity index (χ2n) is 6.06. The van der Waals surface area contributed by atoms with Crippen molar-refractivity contribution >= 4 is 0 Å². The number of ether oxygens (including phenoxy) is 1. The van der Waals surface area contributed by atoms with Gasteiger partial charge in [-0.05, 0) is 32.4 Å². The first-order valence-electron chi connectivity index (χ1n) is 7.83. The predicted octanol–water partition coefficient (Wildman–Crippen LogP) is 2.27. The minimum absolute atomic E-state index is 0.394. The Morgan fingerprint density at radius 1 is 1.33 bits per heavy atom. The Morgan fingerprint density at radius 2 is 2.11 bits per heavy atom. The highest BCUT2D eigenvalue weighted by molar-refractivity contribution is 4.83. The lowest BCUT2D eigenvalue weighted by Crippen LogP contribution is -2.51. The summed E-state index contributed by atoms with van der Waals surface area (Å²) in [7, 11) is 2.20. The SMILES string of the molecule is CCNC(CCC1CCCC1)C1CN(C)CCO1. The van der Waals surface area contributed by atoms with Crippen LogP contribution < -0.4 is 5.32 Å². The Labute approximate surface area is 112 Å². The Morgan fingerprint density at radius 3 is 2.78 bits per heavy atom. The van der Waals surface area contributed by atoms with Crippen LogP contribution in [0, 0.1) is 5.92 Å². The van der Waals surface area contributed by atoms with Crippen molar-refractivity contribution < 1.29 is 4.74 Å². The van der Waals surface area contributed by atoms with E-state index in [4.69, 9.17) is 4.74 Å². The molecular weight excluding hydrogens is 224 g/mol. The molecule has 2 fully saturated rings. The fourth-order valence-corrected chi connectivity index (χ4v) is 3.45. The zero-order valence-corrected chi connectivity index (χ0v) is 12.2. The van der Waals surface area contributed by atoms with E-state index >= 15 is 0 Å². The smallest absolute Gasteiger partial charge is 0.0855 e. The van der Waals surface area contributed by atoms with Gasteiger partial charge in [-0.1, -0.05) is 32.6 Å². The van der Waals surface area contributed by atoms with Gasteiger partial charge in [0, 0.05) is 19.1 Å². The molecule has 3 heteroatoms. The molecular formula is C15H30N2O. The molecule has 0 radical (unpaired) electrons. The van der Waals surface area contributed by atoms with E-state index in [0.717, 1.165) is 32.2 Å². The second-order valence-corrected chi connectivity index (χ2v) is 6.06. The molecule has 2 unspecified atom stereocenters. The maximum absolute atomic E-state index is 5.97. The van der Waals surface area contributed by atoms with Crippen LogP contribution >= 0.6 is 0 Å². The zero-order chi connectivity index (χ0) is 12.8. The third-order valence-electron chi connectivity index (χ3n) is 4.57. The summed E-state index contributed by atoms with van der Waals surface area (Å²) in [5.41, 5.74) is 0. The van der Waals surface area contributed by atoms with E-state index in [-0.39, 0.29) is 0 Å². The predicted molar refractivity (Wildman–Crippen MR) is 75.9 cm³/mol. The summed E-state index contributed by atoms with van der Waals surface area (Å²) in [6.45, 7) is 6.32. The van der Waals surface area contributed by atoms with Crippen molar-refractivity contribution in [3.05, 3.63) is 0 Å². The van der Waals surface area contributed by atoms with E-state index in [0.29, 0.717) is 12.1 Å². The number of hydrogen-bond donors (Lipinski definition) is 1. The van der Waals surface area contributed by atoms with Crippen LogP contribution in [0.1, 0.15) is 45.4 Å².